The first kappa shape index (κ1) is 17.2. The van der Waals surface area contributed by atoms with Crippen LogP contribution in [0.3, 0.4) is 0 Å². The summed E-state index contributed by atoms with van der Waals surface area (Å²) in [5, 5.41) is 13.6. The molecule has 2 aliphatic rings. The molecule has 0 radical (unpaired) electrons. The fourth-order valence-corrected chi connectivity index (χ4v) is 3.85. The fourth-order valence-electron chi connectivity index (χ4n) is 3.85. The summed E-state index contributed by atoms with van der Waals surface area (Å²) < 4.78 is 18.6. The largest absolute Gasteiger partial charge is 0.494 e. The number of aliphatic hydroxyl groups excluding tert-OH is 1. The number of benzene rings is 1. The maximum Gasteiger partial charge on any atom is 0.251 e. The molecule has 1 heterocycles. The summed E-state index contributed by atoms with van der Waals surface area (Å²) >= 11 is 0. The Labute approximate surface area is 141 Å². The lowest BCUT2D eigenvalue weighted by Gasteiger charge is -2.40. The first-order valence-electron chi connectivity index (χ1n) is 8.66. The Hall–Kier alpha value is -1.66. The van der Waals surface area contributed by atoms with Crippen molar-refractivity contribution in [3.8, 4) is 5.75 Å². The van der Waals surface area contributed by atoms with Gasteiger partial charge in [-0.1, -0.05) is 0 Å². The van der Waals surface area contributed by atoms with Crippen LogP contribution in [0.1, 0.15) is 42.5 Å². The zero-order valence-electron chi connectivity index (χ0n) is 14.0. The number of nitrogens with zero attached hydrogens (tertiary/aromatic N) is 1. The van der Waals surface area contributed by atoms with Gasteiger partial charge in [0.1, 0.15) is 0 Å². The van der Waals surface area contributed by atoms with Crippen molar-refractivity contribution in [2.75, 3.05) is 20.2 Å². The van der Waals surface area contributed by atoms with Gasteiger partial charge in [0.15, 0.2) is 11.6 Å². The van der Waals surface area contributed by atoms with Crippen molar-refractivity contribution in [3.05, 3.63) is 29.6 Å². The minimum Gasteiger partial charge on any atom is -0.494 e. The molecule has 1 amide bonds. The number of hydrogen-bond donors (Lipinski definition) is 2. The lowest BCUT2D eigenvalue weighted by molar-refractivity contribution is 0.00703. The number of aliphatic hydroxyl groups is 1. The van der Waals surface area contributed by atoms with Gasteiger partial charge in [0.05, 0.1) is 19.3 Å². The second kappa shape index (κ2) is 7.49. The molecule has 1 saturated heterocycles. The number of rotatable bonds is 4. The Morgan fingerprint density at radius 2 is 2.04 bits per heavy atom. The van der Waals surface area contributed by atoms with E-state index in [0.717, 1.165) is 32.4 Å². The Morgan fingerprint density at radius 3 is 2.71 bits per heavy atom. The highest BCUT2D eigenvalue weighted by Crippen LogP contribution is 2.27. The predicted octanol–water partition coefficient (Wildman–Crippen LogP) is 1.94. The van der Waals surface area contributed by atoms with E-state index in [1.807, 2.05) is 0 Å². The van der Waals surface area contributed by atoms with Gasteiger partial charge in [0, 0.05) is 11.6 Å². The molecular weight excluding hydrogens is 311 g/mol. The van der Waals surface area contributed by atoms with Gasteiger partial charge in [-0.2, -0.15) is 0 Å². The van der Waals surface area contributed by atoms with E-state index in [1.165, 1.54) is 38.2 Å². The number of amides is 1. The molecule has 1 aliphatic heterocycles. The van der Waals surface area contributed by atoms with Crippen molar-refractivity contribution in [3.63, 3.8) is 0 Å². The molecule has 6 heteroatoms. The minimum absolute atomic E-state index is 0.110. The van der Waals surface area contributed by atoms with Crippen molar-refractivity contribution in [2.45, 2.75) is 50.3 Å². The van der Waals surface area contributed by atoms with E-state index in [0.29, 0.717) is 0 Å². The first-order chi connectivity index (χ1) is 11.6. The average Bonchev–Trinajstić information content (AvgIpc) is 3.11. The molecule has 132 valence electrons. The monoisotopic (exact) mass is 336 g/mol. The SMILES string of the molecule is COc1ccc(C(=O)N[C@@H]2CCC[C@@H](N3CCCC3)[C@@H]2O)cc1F. The van der Waals surface area contributed by atoms with Crippen molar-refractivity contribution in [2.24, 2.45) is 0 Å². The lowest BCUT2D eigenvalue weighted by Crippen LogP contribution is -2.56. The van der Waals surface area contributed by atoms with Gasteiger partial charge in [0.25, 0.3) is 5.91 Å². The van der Waals surface area contributed by atoms with Crippen LogP contribution < -0.4 is 10.1 Å². The number of ether oxygens (including phenoxy) is 1. The van der Waals surface area contributed by atoms with Crippen LogP contribution >= 0.6 is 0 Å². The third kappa shape index (κ3) is 3.54. The van der Waals surface area contributed by atoms with Crippen LogP contribution in [-0.2, 0) is 0 Å². The van der Waals surface area contributed by atoms with Gasteiger partial charge in [-0.15, -0.1) is 0 Å². The molecule has 0 bridgehead atoms. The fraction of sp³-hybridized carbons (Fsp3) is 0.611. The molecule has 1 saturated carbocycles. The van der Waals surface area contributed by atoms with E-state index in [2.05, 4.69) is 10.2 Å². The maximum atomic E-state index is 13.8. The molecule has 1 aromatic rings. The van der Waals surface area contributed by atoms with Crippen molar-refractivity contribution in [1.29, 1.82) is 0 Å². The molecule has 2 fully saturated rings. The molecule has 0 spiro atoms. The summed E-state index contributed by atoms with van der Waals surface area (Å²) in [5.74, 6) is -0.815. The number of nitrogens with one attached hydrogen (secondary N) is 1. The highest BCUT2D eigenvalue weighted by molar-refractivity contribution is 5.94. The van der Waals surface area contributed by atoms with E-state index in [9.17, 15) is 14.3 Å². The summed E-state index contributed by atoms with van der Waals surface area (Å²) in [6, 6.07) is 3.96. The van der Waals surface area contributed by atoms with Crippen LogP contribution in [0, 0.1) is 5.82 Å². The zero-order valence-corrected chi connectivity index (χ0v) is 14.0. The highest BCUT2D eigenvalue weighted by Gasteiger charge is 2.37. The summed E-state index contributed by atoms with van der Waals surface area (Å²) in [6.07, 6.45) is 4.45. The average molecular weight is 336 g/mol. The molecule has 1 aromatic carbocycles. The van der Waals surface area contributed by atoms with Crippen molar-refractivity contribution < 1.29 is 19.0 Å². The quantitative estimate of drug-likeness (QED) is 0.882. The van der Waals surface area contributed by atoms with Crippen molar-refractivity contribution >= 4 is 5.91 Å². The van der Waals surface area contributed by atoms with Crippen LogP contribution in [0.2, 0.25) is 0 Å². The number of carbonyl (C=O) groups excluding carboxylic acids is 1. The Morgan fingerprint density at radius 1 is 1.29 bits per heavy atom. The Bertz CT molecular complexity index is 590. The third-order valence-electron chi connectivity index (χ3n) is 5.16. The molecule has 0 aromatic heterocycles. The van der Waals surface area contributed by atoms with Gasteiger partial charge in [-0.3, -0.25) is 9.69 Å². The van der Waals surface area contributed by atoms with Gasteiger partial charge in [-0.05, 0) is 63.4 Å². The summed E-state index contributed by atoms with van der Waals surface area (Å²) in [7, 11) is 1.38. The lowest BCUT2D eigenvalue weighted by atomic mass is 9.87. The van der Waals surface area contributed by atoms with Gasteiger partial charge in [-0.25, -0.2) is 4.39 Å². The molecule has 5 nitrogen and oxygen atoms in total. The molecule has 0 unspecified atom stereocenters. The van der Waals surface area contributed by atoms with Crippen LogP contribution in [0.5, 0.6) is 5.75 Å². The zero-order chi connectivity index (χ0) is 17.1. The second-order valence-electron chi connectivity index (χ2n) is 6.66. The number of hydrogen-bond acceptors (Lipinski definition) is 4. The van der Waals surface area contributed by atoms with Crippen LogP contribution in [0.25, 0.3) is 0 Å². The number of carbonyl (C=O) groups is 1. The minimum atomic E-state index is -0.580. The van der Waals surface area contributed by atoms with E-state index < -0.39 is 11.9 Å². The molecule has 3 rings (SSSR count). The topological polar surface area (TPSA) is 61.8 Å². The smallest absolute Gasteiger partial charge is 0.251 e. The summed E-state index contributed by atoms with van der Waals surface area (Å²) in [5.41, 5.74) is 0.240. The highest BCUT2D eigenvalue weighted by atomic mass is 19.1. The predicted molar refractivity (Wildman–Crippen MR) is 88.7 cm³/mol. The van der Waals surface area contributed by atoms with E-state index >= 15 is 0 Å². The standard InChI is InChI=1S/C18H25FN2O3/c1-24-16-8-7-12(11-13(16)19)18(23)20-14-5-4-6-15(17(14)22)21-9-2-3-10-21/h7-8,11,14-15,17,22H,2-6,9-10H2,1H3,(H,20,23)/t14-,15-,17-/m1/s1. The van der Waals surface area contributed by atoms with Crippen LogP contribution in [0.4, 0.5) is 4.39 Å². The maximum absolute atomic E-state index is 13.8. The first-order valence-corrected chi connectivity index (χ1v) is 8.66. The molecular formula is C18H25FN2O3. The van der Waals surface area contributed by atoms with Gasteiger partial charge in [0.2, 0.25) is 0 Å². The molecule has 3 atom stereocenters. The van der Waals surface area contributed by atoms with Crippen LogP contribution in [-0.4, -0.2) is 54.3 Å². The van der Waals surface area contributed by atoms with Crippen LogP contribution in [0.15, 0.2) is 18.2 Å². The molecule has 2 N–H and O–H groups in total. The second-order valence-corrected chi connectivity index (χ2v) is 6.66. The third-order valence-corrected chi connectivity index (χ3v) is 5.16. The van der Waals surface area contributed by atoms with Gasteiger partial charge < -0.3 is 15.2 Å². The summed E-state index contributed by atoms with van der Waals surface area (Å²) in [4.78, 5) is 14.7. The Kier molecular flexibility index (Phi) is 5.36. The molecule has 24 heavy (non-hydrogen) atoms. The van der Waals surface area contributed by atoms with Crippen molar-refractivity contribution in [1.82, 2.24) is 10.2 Å². The number of methoxy groups -OCH3 is 1. The number of halogens is 1. The number of likely N-dealkylation sites (tertiary alicyclic amines) is 1. The Balaban J connectivity index is 1.65. The van der Waals surface area contributed by atoms with E-state index in [4.69, 9.17) is 4.74 Å². The normalized spacial score (nSPS) is 27.9. The summed E-state index contributed by atoms with van der Waals surface area (Å²) in [6.45, 7) is 2.04. The van der Waals surface area contributed by atoms with E-state index in [-0.39, 0.29) is 29.3 Å². The van der Waals surface area contributed by atoms with Gasteiger partial charge >= 0.3 is 0 Å². The van der Waals surface area contributed by atoms with E-state index in [1.54, 1.807) is 0 Å². The molecule has 1 aliphatic carbocycles.